The summed E-state index contributed by atoms with van der Waals surface area (Å²) in [6, 6.07) is -1.06. The number of halogens is 3. The lowest BCUT2D eigenvalue weighted by atomic mass is 9.95. The lowest BCUT2D eigenvalue weighted by Crippen LogP contribution is -2.48. The van der Waals surface area contributed by atoms with E-state index in [1.54, 1.807) is 20.8 Å². The number of rotatable bonds is 6. The van der Waals surface area contributed by atoms with E-state index in [2.05, 4.69) is 19.6 Å². The molecule has 0 saturated carbocycles. The van der Waals surface area contributed by atoms with Gasteiger partial charge in [-0.1, -0.05) is 0 Å². The highest BCUT2D eigenvalue weighted by atomic mass is 32.2. The predicted octanol–water partition coefficient (Wildman–Crippen LogP) is 2.56. The van der Waals surface area contributed by atoms with Crippen LogP contribution < -0.4 is 5.32 Å². The molecule has 9 nitrogen and oxygen atoms in total. The number of carbonyl (C=O) groups is 2. The Morgan fingerprint density at radius 2 is 1.97 bits per heavy atom. The number of alkyl halides is 3. The van der Waals surface area contributed by atoms with Crippen molar-refractivity contribution in [1.82, 2.24) is 15.3 Å². The summed E-state index contributed by atoms with van der Waals surface area (Å²) in [4.78, 5) is 31.5. The average molecular weight is 466 g/mol. The highest BCUT2D eigenvalue weighted by Gasteiger charge is 2.58. The van der Waals surface area contributed by atoms with Gasteiger partial charge in [0.05, 0.1) is 21.6 Å². The van der Waals surface area contributed by atoms with Crippen LogP contribution in [0.25, 0.3) is 0 Å². The van der Waals surface area contributed by atoms with Crippen molar-refractivity contribution in [3.05, 3.63) is 24.3 Å². The minimum Gasteiger partial charge on any atom is -0.444 e. The van der Waals surface area contributed by atoms with Gasteiger partial charge in [0.1, 0.15) is 11.6 Å². The zero-order valence-corrected chi connectivity index (χ0v) is 18.4. The molecular weight excluding hydrogens is 441 g/mol. The summed E-state index contributed by atoms with van der Waals surface area (Å²) in [6.07, 6.45) is -3.30. The molecule has 0 radical (unpaired) electrons. The lowest BCUT2D eigenvalue weighted by Gasteiger charge is -2.34. The molecule has 1 aliphatic rings. The van der Waals surface area contributed by atoms with E-state index in [1.165, 1.54) is 6.20 Å². The second-order valence-corrected chi connectivity index (χ2v) is 10.5. The molecule has 1 N–H and O–H groups in total. The van der Waals surface area contributed by atoms with Gasteiger partial charge in [-0.25, -0.2) is 9.00 Å². The van der Waals surface area contributed by atoms with Crippen LogP contribution in [0.5, 0.6) is 0 Å². The Hall–Kier alpha value is -2.28. The Morgan fingerprint density at radius 3 is 2.45 bits per heavy atom. The van der Waals surface area contributed by atoms with Gasteiger partial charge in [0.15, 0.2) is 0 Å². The molecular formula is C18H25F3N4O5S. The van der Waals surface area contributed by atoms with Crippen LogP contribution in [0.2, 0.25) is 0 Å². The largest absolute Gasteiger partial charge is 0.444 e. The van der Waals surface area contributed by atoms with Gasteiger partial charge in [-0.2, -0.15) is 17.5 Å². The first kappa shape index (κ1) is 25.0. The summed E-state index contributed by atoms with van der Waals surface area (Å²) >= 11 is 0. The maximum atomic E-state index is 13.9. The summed E-state index contributed by atoms with van der Waals surface area (Å²) < 4.78 is 68.2. The number of nitrogens with zero attached hydrogens (tertiary/aromatic N) is 3. The molecule has 0 aliphatic carbocycles. The molecule has 0 spiro atoms. The summed E-state index contributed by atoms with van der Waals surface area (Å²) in [5, 5.41) is 2.34. The van der Waals surface area contributed by atoms with Gasteiger partial charge in [-0.15, -0.1) is 0 Å². The van der Waals surface area contributed by atoms with E-state index in [4.69, 9.17) is 9.47 Å². The molecule has 0 saturated heterocycles. The van der Waals surface area contributed by atoms with E-state index in [1.807, 2.05) is 0 Å². The smallest absolute Gasteiger partial charge is 0.423 e. The zero-order valence-electron chi connectivity index (χ0n) is 17.6. The van der Waals surface area contributed by atoms with Crippen LogP contribution >= 0.6 is 0 Å². The van der Waals surface area contributed by atoms with E-state index >= 15 is 0 Å². The second kappa shape index (κ2) is 9.07. The maximum absolute atomic E-state index is 13.9. The van der Waals surface area contributed by atoms with Crippen molar-refractivity contribution in [2.24, 2.45) is 4.36 Å². The number of carbonyl (C=O) groups excluding carboxylic acids is 2. The number of aromatic nitrogens is 2. The normalized spacial score (nSPS) is 24.1. The van der Waals surface area contributed by atoms with Crippen molar-refractivity contribution in [3.8, 4) is 0 Å². The van der Waals surface area contributed by atoms with Crippen LogP contribution in [-0.4, -0.2) is 62.6 Å². The third kappa shape index (κ3) is 6.12. The average Bonchev–Trinajstić information content (AvgIpc) is 2.63. The van der Waals surface area contributed by atoms with Crippen LogP contribution in [0.4, 0.5) is 18.0 Å². The van der Waals surface area contributed by atoms with Crippen molar-refractivity contribution < 1.29 is 36.4 Å². The summed E-state index contributed by atoms with van der Waals surface area (Å²) in [5.41, 5.74) is -4.12. The van der Waals surface area contributed by atoms with E-state index in [-0.39, 0.29) is 12.2 Å². The number of amides is 2. The van der Waals surface area contributed by atoms with E-state index < -0.39 is 63.0 Å². The third-order valence-corrected chi connectivity index (χ3v) is 6.76. The van der Waals surface area contributed by atoms with E-state index in [0.717, 1.165) is 19.5 Å². The Kier molecular flexibility index (Phi) is 7.31. The molecule has 2 heterocycles. The summed E-state index contributed by atoms with van der Waals surface area (Å²) in [6.45, 7) is 4.94. The van der Waals surface area contributed by atoms with Crippen molar-refractivity contribution >= 4 is 21.7 Å². The predicted molar refractivity (Wildman–Crippen MR) is 104 cm³/mol. The molecule has 0 aromatic carbocycles. The number of ether oxygens (including phenoxy) is 2. The van der Waals surface area contributed by atoms with Crippen LogP contribution in [0, 0.1) is 0 Å². The van der Waals surface area contributed by atoms with E-state index in [9.17, 15) is 27.0 Å². The Bertz CT molecular complexity index is 926. The van der Waals surface area contributed by atoms with Crippen molar-refractivity contribution in [3.63, 3.8) is 0 Å². The first-order valence-electron chi connectivity index (χ1n) is 9.36. The quantitative estimate of drug-likeness (QED) is 0.684. The molecule has 1 aromatic heterocycles. The Morgan fingerprint density at radius 1 is 1.29 bits per heavy atom. The molecule has 174 valence electrons. The Balaban J connectivity index is 2.19. The highest BCUT2D eigenvalue weighted by Crippen LogP contribution is 2.44. The molecule has 31 heavy (non-hydrogen) atoms. The monoisotopic (exact) mass is 466 g/mol. The molecule has 2 unspecified atom stereocenters. The SMILES string of the molecule is COC(CCS1(=O)=NC(=O)[C@@H](NC(=O)OC(C)(C)C)CC1)(c1cnccn1)C(F)(F)F. The number of alkyl carbamates (subject to hydrolysis) is 1. The van der Waals surface area contributed by atoms with Crippen molar-refractivity contribution in [1.29, 1.82) is 0 Å². The molecule has 0 fully saturated rings. The van der Waals surface area contributed by atoms with Gasteiger partial charge in [0.25, 0.3) is 5.91 Å². The minimum absolute atomic E-state index is 0.0441. The lowest BCUT2D eigenvalue weighted by molar-refractivity contribution is -0.279. The standard InChI is InChI=1S/C18H25F3N4O5S/c1-16(2,3)30-15(27)24-12-5-9-31(28,25-14(12)26)10-6-17(29-4,18(19,20)21)13-11-22-7-8-23-13/h7-8,11-12H,5-6,9-10H2,1-4H3,(H,24,27)/t12-,17?,31?/m0/s1. The van der Waals surface area contributed by atoms with Gasteiger partial charge in [0.2, 0.25) is 5.60 Å². The van der Waals surface area contributed by atoms with Crippen LogP contribution in [0.15, 0.2) is 23.0 Å². The first-order chi connectivity index (χ1) is 14.2. The van der Waals surface area contributed by atoms with Gasteiger partial charge < -0.3 is 14.8 Å². The van der Waals surface area contributed by atoms with Gasteiger partial charge >= 0.3 is 12.3 Å². The number of methoxy groups -OCH3 is 1. The fraction of sp³-hybridized carbons (Fsp3) is 0.667. The van der Waals surface area contributed by atoms with Gasteiger partial charge in [-0.3, -0.25) is 14.8 Å². The van der Waals surface area contributed by atoms with Crippen LogP contribution in [0.1, 0.15) is 39.3 Å². The van der Waals surface area contributed by atoms with E-state index in [0.29, 0.717) is 0 Å². The number of hydrogen-bond acceptors (Lipinski definition) is 7. The molecule has 1 aromatic rings. The summed E-state index contributed by atoms with van der Waals surface area (Å²) in [5.74, 6) is -1.60. The molecule has 13 heteroatoms. The van der Waals surface area contributed by atoms with Crippen molar-refractivity contribution in [2.45, 2.75) is 57.0 Å². The minimum atomic E-state index is -4.88. The fourth-order valence-electron chi connectivity index (χ4n) is 2.98. The van der Waals surface area contributed by atoms with Gasteiger partial charge in [0, 0.05) is 37.4 Å². The molecule has 3 atom stereocenters. The van der Waals surface area contributed by atoms with Crippen LogP contribution in [0.3, 0.4) is 0 Å². The summed E-state index contributed by atoms with van der Waals surface area (Å²) in [7, 11) is -2.43. The molecule has 1 aliphatic heterocycles. The second-order valence-electron chi connectivity index (χ2n) is 7.97. The Labute approximate surface area is 178 Å². The van der Waals surface area contributed by atoms with Gasteiger partial charge in [-0.05, 0) is 27.2 Å². The molecule has 2 amide bonds. The third-order valence-electron chi connectivity index (χ3n) is 4.53. The first-order valence-corrected chi connectivity index (χ1v) is 11.2. The molecule has 0 bridgehead atoms. The van der Waals surface area contributed by atoms with Crippen LogP contribution in [-0.2, 0) is 29.6 Å². The zero-order chi connectivity index (χ0) is 23.5. The topological polar surface area (TPSA) is 120 Å². The number of nitrogens with one attached hydrogen (secondary N) is 1. The maximum Gasteiger partial charge on any atom is 0.423 e. The fourth-order valence-corrected chi connectivity index (χ4v) is 5.03. The number of hydrogen-bond donors (Lipinski definition) is 1. The van der Waals surface area contributed by atoms with Crippen molar-refractivity contribution in [2.75, 3.05) is 18.6 Å². The highest BCUT2D eigenvalue weighted by molar-refractivity contribution is 7.93. The molecule has 2 rings (SSSR count).